The molecule has 12 heavy (non-hydrogen) atoms. The minimum absolute atomic E-state index is 0.0388. The Morgan fingerprint density at radius 1 is 1.58 bits per heavy atom. The molecule has 1 fully saturated rings. The van der Waals surface area contributed by atoms with E-state index in [2.05, 4.69) is 6.92 Å². The van der Waals surface area contributed by atoms with Crippen LogP contribution < -0.4 is 0 Å². The zero-order valence-corrected chi connectivity index (χ0v) is 7.79. The smallest absolute Gasteiger partial charge is 0.242 e. The summed E-state index contributed by atoms with van der Waals surface area (Å²) in [4.78, 5) is 13.3. The van der Waals surface area contributed by atoms with Gasteiger partial charge in [-0.1, -0.05) is 6.92 Å². The van der Waals surface area contributed by atoms with Gasteiger partial charge in [0.1, 0.15) is 5.41 Å². The molecule has 0 spiro atoms. The fraction of sp³-hybridized carbons (Fsp3) is 0.778. The van der Waals surface area contributed by atoms with Crippen LogP contribution >= 0.6 is 0 Å². The summed E-state index contributed by atoms with van der Waals surface area (Å²) in [7, 11) is 0. The van der Waals surface area contributed by atoms with Crippen LogP contribution in [0.15, 0.2) is 0 Å². The van der Waals surface area contributed by atoms with Gasteiger partial charge in [-0.05, 0) is 19.8 Å². The number of hydrogen-bond donors (Lipinski definition) is 0. The fourth-order valence-corrected chi connectivity index (χ4v) is 1.31. The number of amides is 1. The molecule has 0 aliphatic carbocycles. The van der Waals surface area contributed by atoms with Gasteiger partial charge in [-0.25, -0.2) is 0 Å². The highest BCUT2D eigenvalue weighted by molar-refractivity contribution is 5.85. The zero-order valence-electron chi connectivity index (χ0n) is 7.79. The Hall–Kier alpha value is -1.04. The molecule has 1 heterocycles. The zero-order chi connectivity index (χ0) is 9.35. The molecule has 0 unspecified atom stereocenters. The third-order valence-corrected chi connectivity index (χ3v) is 2.17. The summed E-state index contributed by atoms with van der Waals surface area (Å²) in [6.07, 6.45) is 0. The number of nitrogens with zero attached hydrogens (tertiary/aromatic N) is 2. The van der Waals surface area contributed by atoms with Gasteiger partial charge in [0, 0.05) is 13.1 Å². The SMILES string of the molecule is CC1CN(C(=O)C(C)(C)C#N)C1. The van der Waals surface area contributed by atoms with Gasteiger partial charge in [0.05, 0.1) is 6.07 Å². The van der Waals surface area contributed by atoms with E-state index in [1.165, 1.54) is 0 Å². The highest BCUT2D eigenvalue weighted by atomic mass is 16.2. The summed E-state index contributed by atoms with van der Waals surface area (Å²) in [6, 6.07) is 2.01. The Kier molecular flexibility index (Phi) is 2.10. The summed E-state index contributed by atoms with van der Waals surface area (Å²) < 4.78 is 0. The number of carbonyl (C=O) groups is 1. The van der Waals surface area contributed by atoms with Crippen LogP contribution in [0.5, 0.6) is 0 Å². The maximum Gasteiger partial charge on any atom is 0.242 e. The Morgan fingerprint density at radius 3 is 2.42 bits per heavy atom. The standard InChI is InChI=1S/C9H14N2O/c1-7-4-11(5-7)8(12)9(2,3)6-10/h7H,4-5H2,1-3H3. The maximum absolute atomic E-state index is 11.5. The predicted octanol–water partition coefficient (Wildman–Crippen LogP) is 1.01. The number of rotatable bonds is 1. The molecular weight excluding hydrogens is 152 g/mol. The van der Waals surface area contributed by atoms with Gasteiger partial charge >= 0.3 is 0 Å². The monoisotopic (exact) mass is 166 g/mol. The largest absolute Gasteiger partial charge is 0.341 e. The van der Waals surface area contributed by atoms with Gasteiger partial charge in [0.15, 0.2) is 0 Å². The van der Waals surface area contributed by atoms with Crippen molar-refractivity contribution in [1.29, 1.82) is 5.26 Å². The van der Waals surface area contributed by atoms with Crippen LogP contribution in [0.4, 0.5) is 0 Å². The van der Waals surface area contributed by atoms with Gasteiger partial charge in [-0.15, -0.1) is 0 Å². The van der Waals surface area contributed by atoms with Gasteiger partial charge in [0.2, 0.25) is 5.91 Å². The molecule has 0 atom stereocenters. The second kappa shape index (κ2) is 2.78. The van der Waals surface area contributed by atoms with Crippen molar-refractivity contribution < 1.29 is 4.79 Å². The van der Waals surface area contributed by atoms with Crippen molar-refractivity contribution in [2.24, 2.45) is 11.3 Å². The molecule has 3 nitrogen and oxygen atoms in total. The van der Waals surface area contributed by atoms with Crippen molar-refractivity contribution in [1.82, 2.24) is 4.90 Å². The lowest BCUT2D eigenvalue weighted by atomic mass is 9.90. The molecule has 0 radical (unpaired) electrons. The normalized spacial score (nSPS) is 18.3. The van der Waals surface area contributed by atoms with E-state index in [0.717, 1.165) is 13.1 Å². The van der Waals surface area contributed by atoms with Crippen molar-refractivity contribution in [3.63, 3.8) is 0 Å². The Morgan fingerprint density at radius 2 is 2.08 bits per heavy atom. The van der Waals surface area contributed by atoms with Crippen LogP contribution in [0.1, 0.15) is 20.8 Å². The highest BCUT2D eigenvalue weighted by Crippen LogP contribution is 2.23. The molecule has 1 aliphatic rings. The Balaban J connectivity index is 2.56. The first kappa shape index (κ1) is 9.05. The van der Waals surface area contributed by atoms with Crippen molar-refractivity contribution >= 4 is 5.91 Å². The van der Waals surface area contributed by atoms with Crippen molar-refractivity contribution in [3.8, 4) is 6.07 Å². The predicted molar refractivity (Wildman–Crippen MR) is 45.1 cm³/mol. The quantitative estimate of drug-likeness (QED) is 0.583. The van der Waals surface area contributed by atoms with Gasteiger partial charge in [-0.2, -0.15) is 5.26 Å². The van der Waals surface area contributed by atoms with Crippen LogP contribution in [-0.2, 0) is 4.79 Å². The first-order valence-electron chi connectivity index (χ1n) is 4.18. The second-order valence-corrected chi connectivity index (χ2v) is 4.05. The van der Waals surface area contributed by atoms with Crippen molar-refractivity contribution in [3.05, 3.63) is 0 Å². The van der Waals surface area contributed by atoms with Crippen molar-refractivity contribution in [2.45, 2.75) is 20.8 Å². The average Bonchev–Trinajstić information content (AvgIpc) is 1.97. The van der Waals surface area contributed by atoms with E-state index in [1.807, 2.05) is 6.07 Å². The summed E-state index contributed by atoms with van der Waals surface area (Å²) in [5.41, 5.74) is -0.847. The lowest BCUT2D eigenvalue weighted by Gasteiger charge is -2.39. The molecular formula is C9H14N2O. The molecule has 0 aromatic rings. The molecule has 3 heteroatoms. The van der Waals surface area contributed by atoms with Gasteiger partial charge in [0.25, 0.3) is 0 Å². The number of carbonyl (C=O) groups excluding carboxylic acids is 1. The number of likely N-dealkylation sites (tertiary alicyclic amines) is 1. The first-order chi connectivity index (χ1) is 5.47. The van der Waals surface area contributed by atoms with E-state index in [9.17, 15) is 4.79 Å². The molecule has 0 aromatic heterocycles. The highest BCUT2D eigenvalue weighted by Gasteiger charge is 2.37. The van der Waals surface area contributed by atoms with E-state index in [-0.39, 0.29) is 5.91 Å². The molecule has 1 amide bonds. The summed E-state index contributed by atoms with van der Waals surface area (Å²) in [5, 5.41) is 8.70. The van der Waals surface area contributed by atoms with Crippen LogP contribution in [0.2, 0.25) is 0 Å². The van der Waals surface area contributed by atoms with Crippen LogP contribution in [-0.4, -0.2) is 23.9 Å². The van der Waals surface area contributed by atoms with E-state index >= 15 is 0 Å². The van der Waals surface area contributed by atoms with E-state index < -0.39 is 5.41 Å². The van der Waals surface area contributed by atoms with Gasteiger partial charge < -0.3 is 4.90 Å². The first-order valence-corrected chi connectivity index (χ1v) is 4.18. The molecule has 1 rings (SSSR count). The molecule has 0 aromatic carbocycles. The minimum Gasteiger partial charge on any atom is -0.341 e. The van der Waals surface area contributed by atoms with Gasteiger partial charge in [-0.3, -0.25) is 4.79 Å². The third kappa shape index (κ3) is 1.42. The summed E-state index contributed by atoms with van der Waals surface area (Å²) >= 11 is 0. The van der Waals surface area contributed by atoms with Crippen LogP contribution in [0.25, 0.3) is 0 Å². The Bertz CT molecular complexity index is 233. The van der Waals surface area contributed by atoms with E-state index in [1.54, 1.807) is 18.7 Å². The number of hydrogen-bond acceptors (Lipinski definition) is 2. The van der Waals surface area contributed by atoms with Crippen molar-refractivity contribution in [2.75, 3.05) is 13.1 Å². The Labute approximate surface area is 73.0 Å². The van der Waals surface area contributed by atoms with Crippen LogP contribution in [0, 0.1) is 22.7 Å². The lowest BCUT2D eigenvalue weighted by Crippen LogP contribution is -2.52. The van der Waals surface area contributed by atoms with E-state index in [4.69, 9.17) is 5.26 Å². The molecule has 1 aliphatic heterocycles. The molecule has 66 valence electrons. The fourth-order valence-electron chi connectivity index (χ4n) is 1.31. The molecule has 0 N–H and O–H groups in total. The average molecular weight is 166 g/mol. The van der Waals surface area contributed by atoms with E-state index in [0.29, 0.717) is 5.92 Å². The molecule has 0 bridgehead atoms. The maximum atomic E-state index is 11.5. The number of nitriles is 1. The third-order valence-electron chi connectivity index (χ3n) is 2.17. The molecule has 1 saturated heterocycles. The second-order valence-electron chi connectivity index (χ2n) is 4.05. The van der Waals surface area contributed by atoms with Crippen LogP contribution in [0.3, 0.4) is 0 Å². The summed E-state index contributed by atoms with van der Waals surface area (Å²) in [6.45, 7) is 7.05. The lowest BCUT2D eigenvalue weighted by molar-refractivity contribution is -0.143. The minimum atomic E-state index is -0.847. The topological polar surface area (TPSA) is 44.1 Å². The summed E-state index contributed by atoms with van der Waals surface area (Å²) in [5.74, 6) is 0.562. The molecule has 0 saturated carbocycles.